The first-order chi connectivity index (χ1) is 7.09. The monoisotopic (exact) mass is 200 g/mol. The van der Waals surface area contributed by atoms with Crippen LogP contribution in [-0.4, -0.2) is 9.55 Å². The van der Waals surface area contributed by atoms with Crippen molar-refractivity contribution >= 4 is 0 Å². The van der Waals surface area contributed by atoms with Gasteiger partial charge in [0.15, 0.2) is 0 Å². The summed E-state index contributed by atoms with van der Waals surface area (Å²) in [5.41, 5.74) is 2.57. The van der Waals surface area contributed by atoms with Crippen LogP contribution in [0, 0.1) is 0 Å². The number of hydrogen-bond acceptors (Lipinski definition) is 1. The summed E-state index contributed by atoms with van der Waals surface area (Å²) in [5, 5.41) is 0. The zero-order valence-electron chi connectivity index (χ0n) is 9.44. The van der Waals surface area contributed by atoms with Gasteiger partial charge < -0.3 is 4.57 Å². The minimum absolute atomic E-state index is 0.152. The summed E-state index contributed by atoms with van der Waals surface area (Å²) in [6.07, 6.45) is 5.76. The van der Waals surface area contributed by atoms with Gasteiger partial charge in [0.1, 0.15) is 0 Å². The standard InChI is InChI=1S/C13H16N2/c1-13(2,3)12-7-5-9-15(12)11-6-4-8-14-10-11/h4-10H,1-3H3. The van der Waals surface area contributed by atoms with Crippen LogP contribution in [0.3, 0.4) is 0 Å². The highest BCUT2D eigenvalue weighted by molar-refractivity contribution is 5.34. The van der Waals surface area contributed by atoms with Crippen molar-refractivity contribution in [3.05, 3.63) is 48.5 Å². The van der Waals surface area contributed by atoms with Gasteiger partial charge in [-0.15, -0.1) is 0 Å². The molecule has 2 aromatic rings. The molecule has 0 radical (unpaired) electrons. The second-order valence-electron chi connectivity index (χ2n) is 4.72. The number of hydrogen-bond donors (Lipinski definition) is 0. The first-order valence-electron chi connectivity index (χ1n) is 5.17. The average molecular weight is 200 g/mol. The minimum atomic E-state index is 0.152. The molecule has 0 saturated carbocycles. The van der Waals surface area contributed by atoms with Crippen LogP contribution in [0.4, 0.5) is 0 Å². The van der Waals surface area contributed by atoms with E-state index in [1.807, 2.05) is 12.3 Å². The number of rotatable bonds is 1. The van der Waals surface area contributed by atoms with E-state index in [0.29, 0.717) is 0 Å². The van der Waals surface area contributed by atoms with E-state index >= 15 is 0 Å². The number of nitrogens with zero attached hydrogens (tertiary/aromatic N) is 2. The summed E-state index contributed by atoms with van der Waals surface area (Å²) in [7, 11) is 0. The first-order valence-corrected chi connectivity index (χ1v) is 5.17. The van der Waals surface area contributed by atoms with Gasteiger partial charge in [0.05, 0.1) is 11.9 Å². The summed E-state index contributed by atoms with van der Waals surface area (Å²) in [4.78, 5) is 4.14. The second kappa shape index (κ2) is 3.54. The number of aromatic nitrogens is 2. The van der Waals surface area contributed by atoms with Gasteiger partial charge in [0.2, 0.25) is 0 Å². The van der Waals surface area contributed by atoms with Crippen molar-refractivity contribution in [2.45, 2.75) is 26.2 Å². The van der Waals surface area contributed by atoms with Crippen molar-refractivity contribution in [1.82, 2.24) is 9.55 Å². The van der Waals surface area contributed by atoms with Gasteiger partial charge in [0.25, 0.3) is 0 Å². The molecule has 2 rings (SSSR count). The Bertz CT molecular complexity index is 435. The lowest BCUT2D eigenvalue weighted by Gasteiger charge is -2.21. The topological polar surface area (TPSA) is 17.8 Å². The summed E-state index contributed by atoms with van der Waals surface area (Å²) in [5.74, 6) is 0. The second-order valence-corrected chi connectivity index (χ2v) is 4.72. The summed E-state index contributed by atoms with van der Waals surface area (Å²) in [6.45, 7) is 6.65. The summed E-state index contributed by atoms with van der Waals surface area (Å²) in [6, 6.07) is 8.27. The van der Waals surface area contributed by atoms with Gasteiger partial charge in [-0.3, -0.25) is 4.98 Å². The zero-order valence-corrected chi connectivity index (χ0v) is 9.44. The highest BCUT2D eigenvalue weighted by Crippen LogP contribution is 2.25. The van der Waals surface area contributed by atoms with Crippen molar-refractivity contribution in [2.24, 2.45) is 0 Å². The lowest BCUT2D eigenvalue weighted by atomic mass is 9.92. The third-order valence-corrected chi connectivity index (χ3v) is 2.44. The Kier molecular flexibility index (Phi) is 2.35. The van der Waals surface area contributed by atoms with Gasteiger partial charge in [0, 0.05) is 23.5 Å². The van der Waals surface area contributed by atoms with Crippen molar-refractivity contribution in [3.8, 4) is 5.69 Å². The van der Waals surface area contributed by atoms with Crippen LogP contribution in [0.15, 0.2) is 42.9 Å². The molecule has 2 aromatic heterocycles. The Morgan fingerprint density at radius 3 is 2.53 bits per heavy atom. The summed E-state index contributed by atoms with van der Waals surface area (Å²) < 4.78 is 2.19. The van der Waals surface area contributed by atoms with Crippen molar-refractivity contribution in [2.75, 3.05) is 0 Å². The van der Waals surface area contributed by atoms with Crippen LogP contribution in [0.2, 0.25) is 0 Å². The van der Waals surface area contributed by atoms with Crippen LogP contribution >= 0.6 is 0 Å². The average Bonchev–Trinajstić information content (AvgIpc) is 2.67. The molecule has 2 heterocycles. The molecule has 0 aliphatic heterocycles. The van der Waals surface area contributed by atoms with Gasteiger partial charge in [-0.1, -0.05) is 20.8 Å². The highest BCUT2D eigenvalue weighted by atomic mass is 15.0. The van der Waals surface area contributed by atoms with Crippen molar-refractivity contribution in [3.63, 3.8) is 0 Å². The zero-order chi connectivity index (χ0) is 10.9. The molecule has 0 aliphatic carbocycles. The molecule has 0 atom stereocenters. The smallest absolute Gasteiger partial charge is 0.0636 e. The van der Waals surface area contributed by atoms with Gasteiger partial charge in [-0.05, 0) is 24.3 Å². The van der Waals surface area contributed by atoms with Crippen LogP contribution in [0.1, 0.15) is 26.5 Å². The Hall–Kier alpha value is -1.57. The van der Waals surface area contributed by atoms with E-state index in [4.69, 9.17) is 0 Å². The lowest BCUT2D eigenvalue weighted by molar-refractivity contribution is 0.556. The van der Waals surface area contributed by atoms with Crippen molar-refractivity contribution in [1.29, 1.82) is 0 Å². The molecule has 0 amide bonds. The summed E-state index contributed by atoms with van der Waals surface area (Å²) >= 11 is 0. The van der Waals surface area contributed by atoms with E-state index in [9.17, 15) is 0 Å². The Labute approximate surface area is 90.6 Å². The van der Waals surface area contributed by atoms with E-state index in [1.165, 1.54) is 5.69 Å². The molecule has 15 heavy (non-hydrogen) atoms. The van der Waals surface area contributed by atoms with Crippen LogP contribution in [0.5, 0.6) is 0 Å². The SMILES string of the molecule is CC(C)(C)c1cccn1-c1cccnc1. The van der Waals surface area contributed by atoms with E-state index < -0.39 is 0 Å². The first kappa shape index (κ1) is 9.97. The van der Waals surface area contributed by atoms with Gasteiger partial charge in [-0.2, -0.15) is 0 Å². The normalized spacial score (nSPS) is 11.7. The Morgan fingerprint density at radius 2 is 1.93 bits per heavy atom. The molecule has 2 nitrogen and oxygen atoms in total. The molecule has 0 spiro atoms. The molecular weight excluding hydrogens is 184 g/mol. The highest BCUT2D eigenvalue weighted by Gasteiger charge is 2.17. The molecule has 0 aromatic carbocycles. The fraction of sp³-hybridized carbons (Fsp3) is 0.308. The Balaban J connectivity index is 2.51. The quantitative estimate of drug-likeness (QED) is 0.691. The molecule has 0 bridgehead atoms. The van der Waals surface area contributed by atoms with Crippen LogP contribution in [-0.2, 0) is 5.41 Å². The molecule has 0 unspecified atom stereocenters. The van der Waals surface area contributed by atoms with Gasteiger partial charge in [-0.25, -0.2) is 0 Å². The number of pyridine rings is 1. The van der Waals surface area contributed by atoms with Crippen LogP contribution in [0.25, 0.3) is 5.69 Å². The predicted octanol–water partition coefficient (Wildman–Crippen LogP) is 3.17. The lowest BCUT2D eigenvalue weighted by Crippen LogP contribution is -2.16. The molecule has 78 valence electrons. The largest absolute Gasteiger partial charge is 0.319 e. The molecule has 0 aliphatic rings. The van der Waals surface area contributed by atoms with Crippen molar-refractivity contribution < 1.29 is 0 Å². The maximum Gasteiger partial charge on any atom is 0.0636 e. The van der Waals surface area contributed by atoms with E-state index in [1.54, 1.807) is 6.20 Å². The molecule has 0 N–H and O–H groups in total. The maximum atomic E-state index is 4.14. The third-order valence-electron chi connectivity index (χ3n) is 2.44. The van der Waals surface area contributed by atoms with Gasteiger partial charge >= 0.3 is 0 Å². The predicted molar refractivity (Wildman–Crippen MR) is 62.3 cm³/mol. The van der Waals surface area contributed by atoms with E-state index in [2.05, 4.69) is 54.7 Å². The van der Waals surface area contributed by atoms with E-state index in [0.717, 1.165) is 5.69 Å². The van der Waals surface area contributed by atoms with E-state index in [-0.39, 0.29) is 5.41 Å². The fourth-order valence-corrected chi connectivity index (χ4v) is 1.71. The molecule has 2 heteroatoms. The molecule has 0 fully saturated rings. The molecular formula is C13H16N2. The maximum absolute atomic E-state index is 4.14. The fourth-order valence-electron chi connectivity index (χ4n) is 1.71. The van der Waals surface area contributed by atoms with Crippen LogP contribution < -0.4 is 0 Å². The third kappa shape index (κ3) is 1.94. The Morgan fingerprint density at radius 1 is 1.13 bits per heavy atom. The minimum Gasteiger partial charge on any atom is -0.319 e. The molecule has 0 saturated heterocycles.